The first-order valence-electron chi connectivity index (χ1n) is 3.97. The lowest BCUT2D eigenvalue weighted by molar-refractivity contribution is 0.426. The highest BCUT2D eigenvalue weighted by atomic mass is 16.4. The number of hydrogen-bond donors (Lipinski definition) is 4. The van der Waals surface area contributed by atoms with Crippen molar-refractivity contribution in [1.82, 2.24) is 0 Å². The Labute approximate surface area is 81.9 Å². The van der Waals surface area contributed by atoms with Crippen LogP contribution in [0.25, 0.3) is 0 Å². The largest absolute Gasteiger partial charge is 0.490 e. The minimum atomic E-state index is -1.65. The predicted molar refractivity (Wildman–Crippen MR) is 54.9 cm³/mol. The van der Waals surface area contributed by atoms with E-state index in [9.17, 15) is 0 Å². The summed E-state index contributed by atoms with van der Waals surface area (Å²) < 4.78 is 0. The Kier molecular flexibility index (Phi) is 2.97. The molecule has 0 unspecified atom stereocenters. The van der Waals surface area contributed by atoms with Crippen molar-refractivity contribution in [2.75, 3.05) is 18.1 Å². The monoisotopic (exact) mass is 191 g/mol. The van der Waals surface area contributed by atoms with Gasteiger partial charge in [-0.05, 0) is 12.1 Å². The van der Waals surface area contributed by atoms with Gasteiger partial charge < -0.3 is 21.1 Å². The van der Waals surface area contributed by atoms with Gasteiger partial charge in [0.15, 0.2) is 0 Å². The van der Waals surface area contributed by atoms with Gasteiger partial charge in [0.05, 0.1) is 23.0 Å². The number of benzene rings is 1. The molecule has 0 amide bonds. The Morgan fingerprint density at radius 2 is 2.14 bits per heavy atom. The van der Waals surface area contributed by atoms with Gasteiger partial charge in [0.25, 0.3) is 0 Å². The number of nitrogens with zero attached hydrogens (tertiary/aromatic N) is 1. The van der Waals surface area contributed by atoms with Crippen LogP contribution >= 0.6 is 0 Å². The second-order valence-corrected chi connectivity index (χ2v) is 2.77. The molecular formula is C8H10BN3O2. The minimum Gasteiger partial charge on any atom is -0.423 e. The van der Waals surface area contributed by atoms with Gasteiger partial charge in [0, 0.05) is 12.5 Å². The van der Waals surface area contributed by atoms with Gasteiger partial charge in [-0.15, -0.1) is 0 Å². The summed E-state index contributed by atoms with van der Waals surface area (Å²) >= 11 is 0. The highest BCUT2D eigenvalue weighted by molar-refractivity contribution is 6.61. The van der Waals surface area contributed by atoms with E-state index in [-0.39, 0.29) is 5.46 Å². The summed E-state index contributed by atoms with van der Waals surface area (Å²) in [6, 6.07) is 4.74. The van der Waals surface area contributed by atoms with E-state index in [2.05, 4.69) is 5.32 Å². The summed E-state index contributed by atoms with van der Waals surface area (Å²) in [5, 5.41) is 29.4. The molecule has 0 radical (unpaired) electrons. The molecule has 6 heteroatoms. The maximum Gasteiger partial charge on any atom is 0.490 e. The van der Waals surface area contributed by atoms with E-state index in [1.807, 2.05) is 6.07 Å². The van der Waals surface area contributed by atoms with E-state index in [0.717, 1.165) is 0 Å². The number of anilines is 2. The molecule has 5 nitrogen and oxygen atoms in total. The zero-order valence-corrected chi connectivity index (χ0v) is 7.65. The Morgan fingerprint density at radius 3 is 2.57 bits per heavy atom. The summed E-state index contributed by atoms with van der Waals surface area (Å²) in [4.78, 5) is 0. The number of rotatable bonds is 2. The summed E-state index contributed by atoms with van der Waals surface area (Å²) in [7, 11) is -0.0306. The van der Waals surface area contributed by atoms with Crippen LogP contribution < -0.4 is 16.5 Å². The molecule has 5 N–H and O–H groups in total. The molecule has 0 aromatic heterocycles. The number of nitriles is 1. The van der Waals surface area contributed by atoms with E-state index in [0.29, 0.717) is 16.9 Å². The van der Waals surface area contributed by atoms with Crippen LogP contribution in [0.2, 0.25) is 0 Å². The molecule has 0 aliphatic carbocycles. The molecule has 1 aromatic rings. The van der Waals surface area contributed by atoms with Crippen LogP contribution in [0.15, 0.2) is 12.1 Å². The molecule has 0 saturated carbocycles. The maximum atomic E-state index is 9.03. The Bertz CT molecular complexity index is 387. The molecule has 0 spiro atoms. The van der Waals surface area contributed by atoms with Crippen molar-refractivity contribution in [3.8, 4) is 6.07 Å². The molecule has 0 aliphatic rings. The number of nitrogen functional groups attached to an aromatic ring is 1. The van der Waals surface area contributed by atoms with E-state index in [1.165, 1.54) is 12.1 Å². The molecule has 72 valence electrons. The van der Waals surface area contributed by atoms with Crippen LogP contribution in [0.5, 0.6) is 0 Å². The molecule has 1 aromatic carbocycles. The molecular weight excluding hydrogens is 181 g/mol. The fourth-order valence-electron chi connectivity index (χ4n) is 1.24. The lowest BCUT2D eigenvalue weighted by Crippen LogP contribution is -2.33. The first-order valence-corrected chi connectivity index (χ1v) is 3.97. The first-order chi connectivity index (χ1) is 6.60. The summed E-state index contributed by atoms with van der Waals surface area (Å²) in [6.45, 7) is 0. The summed E-state index contributed by atoms with van der Waals surface area (Å²) in [5.41, 5.74) is 6.85. The van der Waals surface area contributed by atoms with Gasteiger partial charge in [-0.25, -0.2) is 0 Å². The molecule has 0 fully saturated rings. The van der Waals surface area contributed by atoms with Gasteiger partial charge in [-0.2, -0.15) is 5.26 Å². The number of nitrogens with one attached hydrogen (secondary N) is 1. The molecule has 0 bridgehead atoms. The van der Waals surface area contributed by atoms with Gasteiger partial charge >= 0.3 is 7.12 Å². The third-order valence-electron chi connectivity index (χ3n) is 1.86. The molecule has 14 heavy (non-hydrogen) atoms. The first kappa shape index (κ1) is 10.4. The smallest absolute Gasteiger partial charge is 0.423 e. The topological polar surface area (TPSA) is 102 Å². The standard InChI is InChI=1S/C8H10BN3O2/c1-12-8-6(9(13)14)2-5(4-10)3-7(8)11/h2-3,12-14H,11H2,1H3. The predicted octanol–water partition coefficient (Wildman–Crippen LogP) is -1.14. The van der Waals surface area contributed by atoms with Crippen molar-refractivity contribution >= 4 is 24.0 Å². The molecule has 1 rings (SSSR count). The van der Waals surface area contributed by atoms with Gasteiger partial charge in [-0.1, -0.05) is 0 Å². The van der Waals surface area contributed by atoms with Crippen LogP contribution in [0.1, 0.15) is 5.56 Å². The van der Waals surface area contributed by atoms with Gasteiger partial charge in [0.2, 0.25) is 0 Å². The highest BCUT2D eigenvalue weighted by Gasteiger charge is 2.18. The number of nitrogens with two attached hydrogens (primary N) is 1. The maximum absolute atomic E-state index is 9.03. The third kappa shape index (κ3) is 1.79. The Balaban J connectivity index is 3.37. The Hall–Kier alpha value is -1.71. The number of hydrogen-bond acceptors (Lipinski definition) is 5. The summed E-state index contributed by atoms with van der Waals surface area (Å²) in [6.07, 6.45) is 0. The van der Waals surface area contributed by atoms with Crippen LogP contribution in [0.3, 0.4) is 0 Å². The van der Waals surface area contributed by atoms with Crippen molar-refractivity contribution < 1.29 is 10.0 Å². The van der Waals surface area contributed by atoms with E-state index >= 15 is 0 Å². The van der Waals surface area contributed by atoms with Crippen LogP contribution in [-0.2, 0) is 0 Å². The SMILES string of the molecule is CNc1c(N)cc(C#N)cc1B(O)O. The van der Waals surface area contributed by atoms with E-state index < -0.39 is 7.12 Å². The van der Waals surface area contributed by atoms with Crippen molar-refractivity contribution in [3.63, 3.8) is 0 Å². The fraction of sp³-hybridized carbons (Fsp3) is 0.125. The van der Waals surface area contributed by atoms with Crippen LogP contribution in [0.4, 0.5) is 11.4 Å². The van der Waals surface area contributed by atoms with Crippen LogP contribution in [-0.4, -0.2) is 24.2 Å². The van der Waals surface area contributed by atoms with Gasteiger partial charge in [-0.3, -0.25) is 0 Å². The van der Waals surface area contributed by atoms with Crippen molar-refractivity contribution in [2.24, 2.45) is 0 Å². The lowest BCUT2D eigenvalue weighted by atomic mass is 9.77. The van der Waals surface area contributed by atoms with Crippen molar-refractivity contribution in [2.45, 2.75) is 0 Å². The lowest BCUT2D eigenvalue weighted by Gasteiger charge is -2.11. The molecule has 0 atom stereocenters. The van der Waals surface area contributed by atoms with E-state index in [1.54, 1.807) is 7.05 Å². The Morgan fingerprint density at radius 1 is 1.50 bits per heavy atom. The van der Waals surface area contributed by atoms with Gasteiger partial charge in [0.1, 0.15) is 0 Å². The highest BCUT2D eigenvalue weighted by Crippen LogP contribution is 2.17. The average molecular weight is 191 g/mol. The summed E-state index contributed by atoms with van der Waals surface area (Å²) in [5.74, 6) is 0. The quantitative estimate of drug-likeness (QED) is 0.349. The molecule has 0 saturated heterocycles. The van der Waals surface area contributed by atoms with Crippen LogP contribution in [0, 0.1) is 11.3 Å². The molecule has 0 aliphatic heterocycles. The average Bonchev–Trinajstić information content (AvgIpc) is 2.16. The fourth-order valence-corrected chi connectivity index (χ4v) is 1.24. The van der Waals surface area contributed by atoms with E-state index in [4.69, 9.17) is 21.0 Å². The minimum absolute atomic E-state index is 0.198. The van der Waals surface area contributed by atoms with Crippen molar-refractivity contribution in [3.05, 3.63) is 17.7 Å². The van der Waals surface area contributed by atoms with Crippen molar-refractivity contribution in [1.29, 1.82) is 5.26 Å². The second-order valence-electron chi connectivity index (χ2n) is 2.77. The third-order valence-corrected chi connectivity index (χ3v) is 1.86. The molecule has 0 heterocycles. The second kappa shape index (κ2) is 4.00. The normalized spacial score (nSPS) is 9.29. The zero-order chi connectivity index (χ0) is 10.7. The zero-order valence-electron chi connectivity index (χ0n) is 7.65.